The van der Waals surface area contributed by atoms with Crippen molar-refractivity contribution >= 4 is 17.3 Å². The number of benzene rings is 1. The Hall–Kier alpha value is -3.33. The van der Waals surface area contributed by atoms with Crippen molar-refractivity contribution in [1.29, 1.82) is 0 Å². The van der Waals surface area contributed by atoms with E-state index in [1.54, 1.807) is 48.5 Å². The molecule has 1 N–H and O–H groups in total. The number of aliphatic hydroxyl groups excluding tert-OH is 1. The first-order chi connectivity index (χ1) is 13.0. The zero-order valence-electron chi connectivity index (χ0n) is 14.8. The maximum Gasteiger partial charge on any atom is 0.372 e. The molecule has 27 heavy (non-hydrogen) atoms. The van der Waals surface area contributed by atoms with E-state index in [-0.39, 0.29) is 18.2 Å². The average Bonchev–Trinajstić information content (AvgIpc) is 3.06. The number of hydrogen-bond acceptors (Lipinski definition) is 7. The summed E-state index contributed by atoms with van der Waals surface area (Å²) in [5, 5.41) is 22.4. The lowest BCUT2D eigenvalue weighted by Gasteiger charge is -2.33. The van der Waals surface area contributed by atoms with Crippen LogP contribution in [0.1, 0.15) is 17.2 Å². The Labute approximate surface area is 154 Å². The van der Waals surface area contributed by atoms with Crippen LogP contribution >= 0.6 is 0 Å². The van der Waals surface area contributed by atoms with Crippen molar-refractivity contribution in [2.45, 2.75) is 12.6 Å². The van der Waals surface area contributed by atoms with Crippen LogP contribution in [0.2, 0.25) is 0 Å². The van der Waals surface area contributed by atoms with Crippen LogP contribution < -0.4 is 14.4 Å². The molecule has 1 aliphatic heterocycles. The van der Waals surface area contributed by atoms with E-state index >= 15 is 0 Å². The van der Waals surface area contributed by atoms with E-state index in [2.05, 4.69) is 4.98 Å². The van der Waals surface area contributed by atoms with Crippen LogP contribution in [0.4, 0.5) is 11.6 Å². The fraction of sp³-hybridized carbons (Fsp3) is 0.278. The number of imidazole rings is 1. The van der Waals surface area contributed by atoms with Gasteiger partial charge in [-0.3, -0.25) is 0 Å². The smallest absolute Gasteiger partial charge is 0.372 e. The quantitative estimate of drug-likeness (QED) is 0.555. The molecule has 0 bridgehead atoms. The highest BCUT2D eigenvalue weighted by Crippen LogP contribution is 2.42. The SMILES string of the molecule is COc1ccc(OC)c2c1CN(c1nc3ccccn3c1[N+](=O)[O-])C[C@H]2O. The van der Waals surface area contributed by atoms with Gasteiger partial charge in [0.2, 0.25) is 11.5 Å². The molecule has 0 radical (unpaired) electrons. The fourth-order valence-electron chi connectivity index (χ4n) is 3.59. The Morgan fingerprint density at radius 2 is 1.96 bits per heavy atom. The third kappa shape index (κ3) is 2.63. The lowest BCUT2D eigenvalue weighted by molar-refractivity contribution is -0.389. The normalized spacial score (nSPS) is 16.3. The molecular weight excluding hydrogens is 352 g/mol. The summed E-state index contributed by atoms with van der Waals surface area (Å²) >= 11 is 0. The molecule has 1 aliphatic rings. The molecule has 140 valence electrons. The summed E-state index contributed by atoms with van der Waals surface area (Å²) in [7, 11) is 3.08. The van der Waals surface area contributed by atoms with Gasteiger partial charge in [0.15, 0.2) is 0 Å². The summed E-state index contributed by atoms with van der Waals surface area (Å²) in [6, 6.07) is 8.67. The molecule has 0 amide bonds. The second-order valence-electron chi connectivity index (χ2n) is 6.20. The molecule has 0 saturated carbocycles. The van der Waals surface area contributed by atoms with Gasteiger partial charge in [-0.05, 0) is 23.1 Å². The molecule has 0 spiro atoms. The topological polar surface area (TPSA) is 102 Å². The highest BCUT2D eigenvalue weighted by atomic mass is 16.6. The molecule has 9 heteroatoms. The van der Waals surface area contributed by atoms with E-state index in [1.807, 2.05) is 0 Å². The van der Waals surface area contributed by atoms with Crippen LogP contribution in [-0.4, -0.2) is 40.2 Å². The first-order valence-corrected chi connectivity index (χ1v) is 8.33. The molecule has 1 aromatic carbocycles. The number of pyridine rings is 1. The fourth-order valence-corrected chi connectivity index (χ4v) is 3.59. The summed E-state index contributed by atoms with van der Waals surface area (Å²) in [5.74, 6) is 1.22. The Morgan fingerprint density at radius 3 is 2.67 bits per heavy atom. The largest absolute Gasteiger partial charge is 0.496 e. The number of hydrogen-bond donors (Lipinski definition) is 1. The summed E-state index contributed by atoms with van der Waals surface area (Å²) in [6.45, 7) is 0.457. The van der Waals surface area contributed by atoms with E-state index < -0.39 is 11.0 Å². The Bertz CT molecular complexity index is 1030. The van der Waals surface area contributed by atoms with Gasteiger partial charge in [0, 0.05) is 23.7 Å². The van der Waals surface area contributed by atoms with Crippen LogP contribution in [0.15, 0.2) is 36.5 Å². The molecule has 1 atom stereocenters. The second kappa shape index (κ2) is 6.44. The van der Waals surface area contributed by atoms with Gasteiger partial charge in [-0.15, -0.1) is 0 Å². The molecule has 9 nitrogen and oxygen atoms in total. The predicted octanol–water partition coefficient (Wildman–Crippen LogP) is 2.31. The van der Waals surface area contributed by atoms with Crippen molar-refractivity contribution in [2.24, 2.45) is 0 Å². The molecule has 0 fully saturated rings. The number of anilines is 1. The summed E-state index contributed by atoms with van der Waals surface area (Å²) < 4.78 is 12.2. The standard InChI is InChI=1S/C18H18N4O5/c1-26-13-6-7-14(27-2)16-11(13)9-20(10-12(16)23)17-18(22(24)25)21-8-4-3-5-15(21)19-17/h3-8,12,23H,9-10H2,1-2H3/t12-/m1/s1. The van der Waals surface area contributed by atoms with Crippen LogP contribution in [0.3, 0.4) is 0 Å². The molecule has 0 saturated heterocycles. The maximum absolute atomic E-state index is 11.7. The molecule has 0 unspecified atom stereocenters. The number of methoxy groups -OCH3 is 2. The maximum atomic E-state index is 11.7. The highest BCUT2D eigenvalue weighted by Gasteiger charge is 2.35. The van der Waals surface area contributed by atoms with E-state index in [9.17, 15) is 15.2 Å². The Balaban J connectivity index is 1.86. The number of aliphatic hydroxyl groups is 1. The first-order valence-electron chi connectivity index (χ1n) is 8.33. The van der Waals surface area contributed by atoms with Gasteiger partial charge < -0.3 is 29.6 Å². The van der Waals surface area contributed by atoms with Crippen LogP contribution in [0.5, 0.6) is 11.5 Å². The summed E-state index contributed by atoms with van der Waals surface area (Å²) in [4.78, 5) is 17.4. The predicted molar refractivity (Wildman–Crippen MR) is 97.4 cm³/mol. The van der Waals surface area contributed by atoms with Crippen molar-refractivity contribution in [3.05, 3.63) is 57.8 Å². The van der Waals surface area contributed by atoms with Gasteiger partial charge in [0.1, 0.15) is 17.6 Å². The van der Waals surface area contributed by atoms with E-state index in [1.165, 1.54) is 11.5 Å². The highest BCUT2D eigenvalue weighted by molar-refractivity contribution is 5.65. The molecule has 4 rings (SSSR count). The van der Waals surface area contributed by atoms with Gasteiger partial charge in [0.05, 0.1) is 27.0 Å². The lowest BCUT2D eigenvalue weighted by atomic mass is 9.95. The zero-order valence-corrected chi connectivity index (χ0v) is 14.8. The minimum absolute atomic E-state index is 0.136. The average molecular weight is 370 g/mol. The van der Waals surface area contributed by atoms with Crippen LogP contribution in [-0.2, 0) is 6.54 Å². The number of rotatable bonds is 4. The van der Waals surface area contributed by atoms with Gasteiger partial charge in [-0.25, -0.2) is 0 Å². The van der Waals surface area contributed by atoms with E-state index in [4.69, 9.17) is 9.47 Å². The number of nitrogens with zero attached hydrogens (tertiary/aromatic N) is 4. The van der Waals surface area contributed by atoms with Crippen molar-refractivity contribution < 1.29 is 19.5 Å². The number of nitro groups is 1. The number of aromatic nitrogens is 2. The number of fused-ring (bicyclic) bond motifs is 2. The zero-order chi connectivity index (χ0) is 19.1. The van der Waals surface area contributed by atoms with Crippen molar-refractivity contribution in [3.63, 3.8) is 0 Å². The lowest BCUT2D eigenvalue weighted by Crippen LogP contribution is -2.34. The summed E-state index contributed by atoms with van der Waals surface area (Å²) in [5.41, 5.74) is 1.83. The van der Waals surface area contributed by atoms with Gasteiger partial charge in [0.25, 0.3) is 0 Å². The van der Waals surface area contributed by atoms with E-state index in [0.717, 1.165) is 5.56 Å². The van der Waals surface area contributed by atoms with Gasteiger partial charge in [-0.1, -0.05) is 6.07 Å². The minimum Gasteiger partial charge on any atom is -0.496 e. The Morgan fingerprint density at radius 1 is 1.22 bits per heavy atom. The molecular formula is C18H18N4O5. The third-order valence-corrected chi connectivity index (χ3v) is 4.75. The Kier molecular flexibility index (Phi) is 4.08. The van der Waals surface area contributed by atoms with Crippen molar-refractivity contribution in [3.8, 4) is 11.5 Å². The van der Waals surface area contributed by atoms with Crippen molar-refractivity contribution in [1.82, 2.24) is 9.38 Å². The monoisotopic (exact) mass is 370 g/mol. The molecule has 0 aliphatic carbocycles. The first kappa shape index (κ1) is 17.1. The minimum atomic E-state index is -0.900. The van der Waals surface area contributed by atoms with Crippen LogP contribution in [0.25, 0.3) is 5.65 Å². The second-order valence-corrected chi connectivity index (χ2v) is 6.20. The molecule has 2 aromatic heterocycles. The number of β-amino-alcohol motifs (C(OH)–C–C–N with tert-alkyl or cyclic N) is 1. The van der Waals surface area contributed by atoms with Gasteiger partial charge in [-0.2, -0.15) is 9.38 Å². The van der Waals surface area contributed by atoms with Gasteiger partial charge >= 0.3 is 5.82 Å². The third-order valence-electron chi connectivity index (χ3n) is 4.75. The molecule has 3 heterocycles. The molecule has 3 aromatic rings. The van der Waals surface area contributed by atoms with Crippen LogP contribution in [0, 0.1) is 10.1 Å². The van der Waals surface area contributed by atoms with Crippen molar-refractivity contribution in [2.75, 3.05) is 25.7 Å². The summed E-state index contributed by atoms with van der Waals surface area (Å²) in [6.07, 6.45) is 0.699. The number of ether oxygens (including phenoxy) is 2. The van der Waals surface area contributed by atoms with E-state index in [0.29, 0.717) is 29.3 Å².